The average Bonchev–Trinajstić information content (AvgIpc) is 3.13. The van der Waals surface area contributed by atoms with E-state index in [1.807, 2.05) is 0 Å². The van der Waals surface area contributed by atoms with Crippen LogP contribution in [0.4, 0.5) is 5.82 Å². The van der Waals surface area contributed by atoms with Gasteiger partial charge in [0, 0.05) is 18.7 Å². The molecule has 1 atom stereocenters. The highest BCUT2D eigenvalue weighted by atomic mass is 16.5. The van der Waals surface area contributed by atoms with Gasteiger partial charge in [-0.3, -0.25) is 4.79 Å². The van der Waals surface area contributed by atoms with E-state index in [4.69, 9.17) is 9.47 Å². The number of hydrogen-bond acceptors (Lipinski definition) is 6. The van der Waals surface area contributed by atoms with Gasteiger partial charge in [-0.05, 0) is 12.1 Å². The predicted octanol–water partition coefficient (Wildman–Crippen LogP) is 1.49. The zero-order valence-electron chi connectivity index (χ0n) is 10.6. The van der Waals surface area contributed by atoms with Crippen molar-refractivity contribution in [1.29, 1.82) is 0 Å². The van der Waals surface area contributed by atoms with Crippen LogP contribution < -0.4 is 10.1 Å². The van der Waals surface area contributed by atoms with Crippen LogP contribution in [0.25, 0.3) is 0 Å². The molecule has 0 radical (unpaired) electrons. The average molecular weight is 275 g/mol. The van der Waals surface area contributed by atoms with E-state index >= 15 is 0 Å². The van der Waals surface area contributed by atoms with Crippen molar-refractivity contribution in [3.8, 4) is 5.88 Å². The van der Waals surface area contributed by atoms with Crippen molar-refractivity contribution >= 4 is 11.7 Å². The molecule has 0 aliphatic carbocycles. The summed E-state index contributed by atoms with van der Waals surface area (Å²) in [4.78, 5) is 16.3. The van der Waals surface area contributed by atoms with Gasteiger partial charge in [-0.2, -0.15) is 0 Å². The van der Waals surface area contributed by atoms with Crippen LogP contribution in [0.15, 0.2) is 35.2 Å². The first-order chi connectivity index (χ1) is 9.83. The number of anilines is 1. The van der Waals surface area contributed by atoms with E-state index < -0.39 is 0 Å². The second-order valence-corrected chi connectivity index (χ2v) is 4.30. The molecular formula is C13H13N3O4. The van der Waals surface area contributed by atoms with E-state index in [-0.39, 0.29) is 12.0 Å². The van der Waals surface area contributed by atoms with Gasteiger partial charge in [0.1, 0.15) is 17.9 Å². The second-order valence-electron chi connectivity index (χ2n) is 4.30. The van der Waals surface area contributed by atoms with Crippen LogP contribution in [0, 0.1) is 0 Å². The molecule has 0 unspecified atom stereocenters. The molecule has 1 saturated heterocycles. The molecule has 104 valence electrons. The third kappa shape index (κ3) is 2.77. The number of amides is 1. The molecule has 0 spiro atoms. The fraction of sp³-hybridized carbons (Fsp3) is 0.308. The topological polar surface area (TPSA) is 86.5 Å². The molecule has 20 heavy (non-hydrogen) atoms. The zero-order chi connectivity index (χ0) is 13.8. The van der Waals surface area contributed by atoms with E-state index in [1.54, 1.807) is 24.4 Å². The van der Waals surface area contributed by atoms with Crippen molar-refractivity contribution in [3.05, 3.63) is 36.2 Å². The number of aromatic nitrogens is 2. The number of nitrogens with zero attached hydrogens (tertiary/aromatic N) is 2. The Labute approximate surface area is 114 Å². The summed E-state index contributed by atoms with van der Waals surface area (Å²) in [7, 11) is 0. The van der Waals surface area contributed by atoms with Gasteiger partial charge in [0.25, 0.3) is 5.91 Å². The number of carbonyl (C=O) groups excluding carboxylic acids is 1. The highest BCUT2D eigenvalue weighted by Gasteiger charge is 2.21. The lowest BCUT2D eigenvalue weighted by molar-refractivity contribution is 0.101. The van der Waals surface area contributed by atoms with Gasteiger partial charge < -0.3 is 19.3 Å². The van der Waals surface area contributed by atoms with Crippen LogP contribution in [0.1, 0.15) is 16.8 Å². The largest absolute Gasteiger partial charge is 0.471 e. The van der Waals surface area contributed by atoms with E-state index in [9.17, 15) is 4.79 Å². The Morgan fingerprint density at radius 1 is 1.45 bits per heavy atom. The fourth-order valence-electron chi connectivity index (χ4n) is 1.88. The molecule has 0 saturated carbocycles. The summed E-state index contributed by atoms with van der Waals surface area (Å²) >= 11 is 0. The SMILES string of the molecule is O=C(Nc1ccon1)c1cccnc1O[C@H]1CCOC1. The summed E-state index contributed by atoms with van der Waals surface area (Å²) in [5.74, 6) is 0.291. The minimum atomic E-state index is -0.346. The van der Waals surface area contributed by atoms with Gasteiger partial charge in [0.05, 0.1) is 13.2 Å². The lowest BCUT2D eigenvalue weighted by Gasteiger charge is -2.13. The van der Waals surface area contributed by atoms with Crippen molar-refractivity contribution in [3.63, 3.8) is 0 Å². The Bertz CT molecular complexity index is 579. The first kappa shape index (κ1) is 12.6. The number of carbonyl (C=O) groups is 1. The molecular weight excluding hydrogens is 262 g/mol. The summed E-state index contributed by atoms with van der Waals surface area (Å²) in [6, 6.07) is 4.88. The zero-order valence-corrected chi connectivity index (χ0v) is 10.6. The summed E-state index contributed by atoms with van der Waals surface area (Å²) < 4.78 is 15.6. The smallest absolute Gasteiger partial charge is 0.262 e. The van der Waals surface area contributed by atoms with Crippen LogP contribution in [0.3, 0.4) is 0 Å². The van der Waals surface area contributed by atoms with Gasteiger partial charge in [-0.1, -0.05) is 5.16 Å². The van der Waals surface area contributed by atoms with Crippen molar-refractivity contribution in [2.24, 2.45) is 0 Å². The Kier molecular flexibility index (Phi) is 3.60. The number of rotatable bonds is 4. The molecule has 3 rings (SSSR count). The minimum Gasteiger partial charge on any atom is -0.471 e. The Morgan fingerprint density at radius 3 is 3.15 bits per heavy atom. The molecule has 7 nitrogen and oxygen atoms in total. The van der Waals surface area contributed by atoms with Crippen LogP contribution in [-0.4, -0.2) is 35.4 Å². The normalized spacial score (nSPS) is 17.9. The first-order valence-corrected chi connectivity index (χ1v) is 6.24. The molecule has 7 heteroatoms. The molecule has 3 heterocycles. The van der Waals surface area contributed by atoms with Crippen LogP contribution in [0.2, 0.25) is 0 Å². The highest BCUT2D eigenvalue weighted by Crippen LogP contribution is 2.20. The summed E-state index contributed by atoms with van der Waals surface area (Å²) in [5, 5.41) is 6.23. The lowest BCUT2D eigenvalue weighted by Crippen LogP contribution is -2.20. The maximum Gasteiger partial charge on any atom is 0.262 e. The maximum absolute atomic E-state index is 12.2. The Balaban J connectivity index is 1.76. The quantitative estimate of drug-likeness (QED) is 0.909. The maximum atomic E-state index is 12.2. The first-order valence-electron chi connectivity index (χ1n) is 6.24. The molecule has 1 aliphatic heterocycles. The van der Waals surface area contributed by atoms with Gasteiger partial charge in [0.2, 0.25) is 5.88 Å². The molecule has 2 aromatic rings. The van der Waals surface area contributed by atoms with Gasteiger partial charge in [-0.15, -0.1) is 0 Å². The van der Waals surface area contributed by atoms with Gasteiger partial charge in [-0.25, -0.2) is 4.98 Å². The van der Waals surface area contributed by atoms with Crippen molar-refractivity contribution in [2.45, 2.75) is 12.5 Å². The van der Waals surface area contributed by atoms with Crippen LogP contribution in [0.5, 0.6) is 5.88 Å². The third-order valence-electron chi connectivity index (χ3n) is 2.86. The van der Waals surface area contributed by atoms with E-state index in [1.165, 1.54) is 6.26 Å². The Hall–Kier alpha value is -2.41. The Morgan fingerprint density at radius 2 is 2.40 bits per heavy atom. The molecule has 1 N–H and O–H groups in total. The lowest BCUT2D eigenvalue weighted by atomic mass is 10.2. The number of hydrogen-bond donors (Lipinski definition) is 1. The molecule has 0 aromatic carbocycles. The van der Waals surface area contributed by atoms with Gasteiger partial charge >= 0.3 is 0 Å². The van der Waals surface area contributed by atoms with Crippen molar-refractivity contribution in [1.82, 2.24) is 10.1 Å². The fourth-order valence-corrected chi connectivity index (χ4v) is 1.88. The minimum absolute atomic E-state index is 0.0662. The third-order valence-corrected chi connectivity index (χ3v) is 2.86. The number of pyridine rings is 1. The van der Waals surface area contributed by atoms with E-state index in [0.29, 0.717) is 30.5 Å². The summed E-state index contributed by atoms with van der Waals surface area (Å²) in [6.45, 7) is 1.18. The molecule has 1 aliphatic rings. The van der Waals surface area contributed by atoms with E-state index in [0.717, 1.165) is 6.42 Å². The van der Waals surface area contributed by atoms with Crippen LogP contribution >= 0.6 is 0 Å². The van der Waals surface area contributed by atoms with E-state index in [2.05, 4.69) is 20.0 Å². The molecule has 2 aromatic heterocycles. The van der Waals surface area contributed by atoms with Crippen molar-refractivity contribution in [2.75, 3.05) is 18.5 Å². The monoisotopic (exact) mass is 275 g/mol. The predicted molar refractivity (Wildman–Crippen MR) is 68.5 cm³/mol. The number of nitrogens with one attached hydrogen (secondary N) is 1. The van der Waals surface area contributed by atoms with Crippen molar-refractivity contribution < 1.29 is 18.8 Å². The summed E-state index contributed by atoms with van der Waals surface area (Å²) in [5.41, 5.74) is 0.349. The molecule has 0 bridgehead atoms. The molecule has 1 fully saturated rings. The number of ether oxygens (including phenoxy) is 2. The van der Waals surface area contributed by atoms with Gasteiger partial charge in [0.15, 0.2) is 5.82 Å². The highest BCUT2D eigenvalue weighted by molar-refractivity contribution is 6.05. The second kappa shape index (κ2) is 5.70. The standard InChI is InChI=1S/C13H13N3O4/c17-12(15-11-4-7-19-16-11)10-2-1-5-14-13(10)20-9-3-6-18-8-9/h1-2,4-5,7,9H,3,6,8H2,(H,15,16,17)/t9-/m0/s1. The molecule has 1 amide bonds. The summed E-state index contributed by atoms with van der Waals surface area (Å²) in [6.07, 6.45) is 3.69. The van der Waals surface area contributed by atoms with Crippen LogP contribution in [-0.2, 0) is 4.74 Å².